The van der Waals surface area contributed by atoms with Crippen molar-refractivity contribution in [2.75, 3.05) is 7.05 Å². The van der Waals surface area contributed by atoms with Gasteiger partial charge in [0.1, 0.15) is 0 Å². The van der Waals surface area contributed by atoms with Crippen molar-refractivity contribution in [1.82, 2.24) is 5.32 Å². The summed E-state index contributed by atoms with van der Waals surface area (Å²) in [5.74, 6) is 3.12. The molecule has 11 heavy (non-hydrogen) atoms. The zero-order valence-corrected chi connectivity index (χ0v) is 7.30. The third kappa shape index (κ3) is 1.05. The first-order chi connectivity index (χ1) is 5.31. The Morgan fingerprint density at radius 3 is 2.91 bits per heavy atom. The van der Waals surface area contributed by atoms with E-state index in [1.807, 2.05) is 7.05 Å². The van der Waals surface area contributed by atoms with E-state index >= 15 is 0 Å². The lowest BCUT2D eigenvalue weighted by atomic mass is 9.66. The molecule has 0 amide bonds. The Bertz CT molecular complexity index is 186. The predicted molar refractivity (Wildman–Crippen MR) is 46.8 cm³/mol. The lowest BCUT2D eigenvalue weighted by molar-refractivity contribution is 0.116. The molecule has 1 heterocycles. The zero-order chi connectivity index (χ0) is 7.84. The number of nitrogens with one attached hydrogen (secondary N) is 1. The average Bonchev–Trinajstić information content (AvgIpc) is 2.02. The van der Waals surface area contributed by atoms with E-state index in [0.717, 1.165) is 17.9 Å². The zero-order valence-electron chi connectivity index (χ0n) is 7.30. The van der Waals surface area contributed by atoms with Crippen LogP contribution in [0, 0.1) is 11.8 Å². The highest BCUT2D eigenvalue weighted by atomic mass is 15.0. The van der Waals surface area contributed by atoms with Crippen LogP contribution in [0.4, 0.5) is 0 Å². The third-order valence-corrected chi connectivity index (χ3v) is 3.21. The predicted octanol–water partition coefficient (Wildman–Crippen LogP) is 1.42. The van der Waals surface area contributed by atoms with Crippen LogP contribution in [0.5, 0.6) is 0 Å². The van der Waals surface area contributed by atoms with Crippen LogP contribution in [-0.2, 0) is 0 Å². The second-order valence-corrected chi connectivity index (χ2v) is 3.84. The number of rotatable bonds is 0. The molecule has 2 nitrogen and oxygen atoms in total. The highest BCUT2D eigenvalue weighted by Gasteiger charge is 2.40. The van der Waals surface area contributed by atoms with Crippen LogP contribution in [0.2, 0.25) is 0 Å². The molecule has 1 saturated carbocycles. The molecule has 0 bridgehead atoms. The summed E-state index contributed by atoms with van der Waals surface area (Å²) in [6.45, 7) is 2.36. The van der Waals surface area contributed by atoms with Crippen molar-refractivity contribution < 1.29 is 0 Å². The summed E-state index contributed by atoms with van der Waals surface area (Å²) in [6, 6.07) is 0.762. The van der Waals surface area contributed by atoms with Gasteiger partial charge in [0.15, 0.2) is 0 Å². The Labute approximate surface area is 68.1 Å². The van der Waals surface area contributed by atoms with Crippen LogP contribution < -0.4 is 5.32 Å². The van der Waals surface area contributed by atoms with E-state index in [4.69, 9.17) is 0 Å². The van der Waals surface area contributed by atoms with Crippen molar-refractivity contribution in [2.45, 2.75) is 32.2 Å². The Morgan fingerprint density at radius 2 is 2.36 bits per heavy atom. The Kier molecular flexibility index (Phi) is 1.63. The summed E-state index contributed by atoms with van der Waals surface area (Å²) < 4.78 is 0. The van der Waals surface area contributed by atoms with Crippen molar-refractivity contribution >= 4 is 5.84 Å². The number of hydrogen-bond donors (Lipinski definition) is 1. The molecule has 1 aliphatic heterocycles. The van der Waals surface area contributed by atoms with Gasteiger partial charge in [0.05, 0.1) is 5.84 Å². The first-order valence-electron chi connectivity index (χ1n) is 4.53. The monoisotopic (exact) mass is 152 g/mol. The lowest BCUT2D eigenvalue weighted by Crippen LogP contribution is -2.55. The Morgan fingerprint density at radius 1 is 1.55 bits per heavy atom. The van der Waals surface area contributed by atoms with Crippen LogP contribution in [0.3, 0.4) is 0 Å². The number of aliphatic imine (C=N–C) groups is 1. The molecule has 3 unspecified atom stereocenters. The smallest absolute Gasteiger partial charge is 0.0961 e. The van der Waals surface area contributed by atoms with Gasteiger partial charge in [0.25, 0.3) is 0 Å². The molecule has 1 aliphatic carbocycles. The van der Waals surface area contributed by atoms with Crippen LogP contribution in [0.25, 0.3) is 0 Å². The topological polar surface area (TPSA) is 24.4 Å². The molecular formula is C9H16N2. The van der Waals surface area contributed by atoms with Crippen molar-refractivity contribution in [3.8, 4) is 0 Å². The number of fused-ring (bicyclic) bond motifs is 1. The van der Waals surface area contributed by atoms with Gasteiger partial charge >= 0.3 is 0 Å². The Balaban J connectivity index is 1.98. The highest BCUT2D eigenvalue weighted by molar-refractivity contribution is 5.83. The van der Waals surface area contributed by atoms with Gasteiger partial charge in [-0.05, 0) is 24.7 Å². The number of nitrogens with zero attached hydrogens (tertiary/aromatic N) is 1. The fourth-order valence-corrected chi connectivity index (χ4v) is 2.37. The van der Waals surface area contributed by atoms with Crippen molar-refractivity contribution in [2.24, 2.45) is 16.8 Å². The molecule has 2 rings (SSSR count). The van der Waals surface area contributed by atoms with Gasteiger partial charge in [-0.25, -0.2) is 0 Å². The fraction of sp³-hybridized carbons (Fsp3) is 0.889. The van der Waals surface area contributed by atoms with E-state index in [0.29, 0.717) is 0 Å². The molecular weight excluding hydrogens is 136 g/mol. The van der Waals surface area contributed by atoms with E-state index in [2.05, 4.69) is 17.2 Å². The summed E-state index contributed by atoms with van der Waals surface area (Å²) >= 11 is 0. The Hall–Kier alpha value is -0.530. The van der Waals surface area contributed by atoms with Gasteiger partial charge in [-0.15, -0.1) is 0 Å². The second kappa shape index (κ2) is 2.50. The minimum atomic E-state index is 0.762. The number of piperidine rings is 1. The quantitative estimate of drug-likeness (QED) is 0.558. The first kappa shape index (κ1) is 7.14. The summed E-state index contributed by atoms with van der Waals surface area (Å²) in [5, 5.41) is 3.48. The molecule has 2 fully saturated rings. The van der Waals surface area contributed by atoms with E-state index in [-0.39, 0.29) is 0 Å². The van der Waals surface area contributed by atoms with Gasteiger partial charge in [0.2, 0.25) is 0 Å². The molecule has 1 saturated heterocycles. The minimum absolute atomic E-state index is 0.762. The van der Waals surface area contributed by atoms with E-state index in [9.17, 15) is 0 Å². The van der Waals surface area contributed by atoms with Crippen LogP contribution in [-0.4, -0.2) is 18.9 Å². The second-order valence-electron chi connectivity index (χ2n) is 3.84. The SMILES string of the molecule is CN=C1CCC2C(C)CC2N1. The molecule has 2 aliphatic rings. The van der Waals surface area contributed by atoms with E-state index in [1.165, 1.54) is 25.1 Å². The summed E-state index contributed by atoms with van der Waals surface area (Å²) in [7, 11) is 1.88. The molecule has 0 aromatic rings. The maximum atomic E-state index is 4.20. The number of hydrogen-bond acceptors (Lipinski definition) is 1. The van der Waals surface area contributed by atoms with Crippen LogP contribution >= 0.6 is 0 Å². The summed E-state index contributed by atoms with van der Waals surface area (Å²) in [5.41, 5.74) is 0. The largest absolute Gasteiger partial charge is 0.371 e. The molecule has 3 atom stereocenters. The molecule has 0 spiro atoms. The van der Waals surface area contributed by atoms with Crippen LogP contribution in [0.15, 0.2) is 4.99 Å². The molecule has 0 aromatic carbocycles. The summed E-state index contributed by atoms with van der Waals surface area (Å²) in [4.78, 5) is 4.20. The molecule has 1 N–H and O–H groups in total. The van der Waals surface area contributed by atoms with Crippen LogP contribution in [0.1, 0.15) is 26.2 Å². The molecule has 62 valence electrons. The average molecular weight is 152 g/mol. The summed E-state index contributed by atoms with van der Waals surface area (Å²) in [6.07, 6.45) is 3.87. The van der Waals surface area contributed by atoms with Crippen molar-refractivity contribution in [3.63, 3.8) is 0 Å². The van der Waals surface area contributed by atoms with Gasteiger partial charge in [-0.1, -0.05) is 6.92 Å². The standard InChI is InChI=1S/C9H16N2/c1-6-5-8-7(6)3-4-9(10-2)11-8/h6-8H,3-5H2,1-2H3,(H,10,11). The van der Waals surface area contributed by atoms with Gasteiger partial charge in [0, 0.05) is 19.5 Å². The minimum Gasteiger partial charge on any atom is -0.371 e. The fourth-order valence-electron chi connectivity index (χ4n) is 2.37. The normalized spacial score (nSPS) is 46.0. The highest BCUT2D eigenvalue weighted by Crippen LogP contribution is 2.39. The third-order valence-electron chi connectivity index (χ3n) is 3.21. The van der Waals surface area contributed by atoms with E-state index < -0.39 is 0 Å². The van der Waals surface area contributed by atoms with Crippen molar-refractivity contribution in [3.05, 3.63) is 0 Å². The number of amidine groups is 1. The van der Waals surface area contributed by atoms with Gasteiger partial charge < -0.3 is 5.32 Å². The maximum Gasteiger partial charge on any atom is 0.0961 e. The molecule has 0 aromatic heterocycles. The maximum absolute atomic E-state index is 4.20. The van der Waals surface area contributed by atoms with Gasteiger partial charge in [-0.2, -0.15) is 0 Å². The van der Waals surface area contributed by atoms with Gasteiger partial charge in [-0.3, -0.25) is 4.99 Å². The van der Waals surface area contributed by atoms with Crippen molar-refractivity contribution in [1.29, 1.82) is 0 Å². The lowest BCUT2D eigenvalue weighted by Gasteiger charge is -2.47. The molecule has 2 heteroatoms. The van der Waals surface area contributed by atoms with E-state index in [1.54, 1.807) is 0 Å². The molecule has 0 radical (unpaired) electrons. The first-order valence-corrected chi connectivity index (χ1v) is 4.53.